The van der Waals surface area contributed by atoms with Crippen molar-refractivity contribution in [2.24, 2.45) is 0 Å². The van der Waals surface area contributed by atoms with Gasteiger partial charge in [0.15, 0.2) is 11.3 Å². The molecule has 1 spiro atoms. The maximum absolute atomic E-state index is 11.7. The number of rotatable bonds is 2. The molecule has 17 heavy (non-hydrogen) atoms. The van der Waals surface area contributed by atoms with Gasteiger partial charge < -0.3 is 19.7 Å². The first-order valence-corrected chi connectivity index (χ1v) is 5.82. The van der Waals surface area contributed by atoms with Crippen LogP contribution < -0.4 is 5.11 Å². The normalized spacial score (nSPS) is 31.6. The molecule has 1 saturated heterocycles. The number of ether oxygens (including phenoxy) is 1. The van der Waals surface area contributed by atoms with Gasteiger partial charge in [-0.2, -0.15) is 0 Å². The summed E-state index contributed by atoms with van der Waals surface area (Å²) in [4.78, 5) is 23.1. The Labute approximate surface area is 99.2 Å². The summed E-state index contributed by atoms with van der Waals surface area (Å²) in [5.74, 6) is -1.41. The summed E-state index contributed by atoms with van der Waals surface area (Å²) in [7, 11) is 0. The second kappa shape index (κ2) is 3.87. The summed E-state index contributed by atoms with van der Waals surface area (Å²) in [6, 6.07) is 0. The fourth-order valence-corrected chi connectivity index (χ4v) is 2.79. The number of hydrogen-bond donors (Lipinski definition) is 1. The van der Waals surface area contributed by atoms with Crippen LogP contribution in [0.1, 0.15) is 39.0 Å². The van der Waals surface area contributed by atoms with E-state index in [1.54, 1.807) is 0 Å². The summed E-state index contributed by atoms with van der Waals surface area (Å²) in [6.45, 7) is 0.791. The van der Waals surface area contributed by atoms with Gasteiger partial charge in [0, 0.05) is 0 Å². The number of nitrogens with zero attached hydrogens (tertiary/aromatic N) is 1. The van der Waals surface area contributed by atoms with E-state index in [9.17, 15) is 19.8 Å². The molecule has 0 bridgehead atoms. The Kier molecular flexibility index (Phi) is 2.77. The van der Waals surface area contributed by atoms with Crippen molar-refractivity contribution >= 4 is 12.1 Å². The molecule has 1 aliphatic carbocycles. The van der Waals surface area contributed by atoms with E-state index in [4.69, 9.17) is 4.74 Å². The van der Waals surface area contributed by atoms with Gasteiger partial charge in [-0.1, -0.05) is 6.42 Å². The highest BCUT2D eigenvalue weighted by Gasteiger charge is 2.61. The molecule has 2 fully saturated rings. The highest BCUT2D eigenvalue weighted by Crippen LogP contribution is 2.46. The molecule has 1 atom stereocenters. The van der Waals surface area contributed by atoms with Gasteiger partial charge in [-0.15, -0.1) is 0 Å². The molecular weight excluding hydrogens is 226 g/mol. The van der Waals surface area contributed by atoms with E-state index in [-0.39, 0.29) is 0 Å². The SMILES string of the molecule is C[C@@]1(O)N(CC(=O)[O-])C(=O)OC12CCCCC2. The third kappa shape index (κ3) is 1.76. The molecule has 2 aliphatic rings. The lowest BCUT2D eigenvalue weighted by Crippen LogP contribution is -2.59. The van der Waals surface area contributed by atoms with Crippen molar-refractivity contribution in [3.05, 3.63) is 0 Å². The number of aliphatic carboxylic acids is 1. The number of hydrogen-bond acceptors (Lipinski definition) is 5. The largest absolute Gasteiger partial charge is 0.548 e. The maximum atomic E-state index is 11.7. The van der Waals surface area contributed by atoms with Gasteiger partial charge in [0.1, 0.15) is 0 Å². The molecule has 0 unspecified atom stereocenters. The fourth-order valence-electron chi connectivity index (χ4n) is 2.79. The standard InChI is InChI=1S/C11H17NO5/c1-10(16)11(5-3-2-4-6-11)17-9(15)12(10)7-8(13)14/h16H,2-7H2,1H3,(H,13,14)/p-1/t10-/m0/s1. The summed E-state index contributed by atoms with van der Waals surface area (Å²) >= 11 is 0. The summed E-state index contributed by atoms with van der Waals surface area (Å²) in [6.07, 6.45) is 3.12. The molecule has 6 nitrogen and oxygen atoms in total. The fraction of sp³-hybridized carbons (Fsp3) is 0.818. The molecule has 1 N–H and O–H groups in total. The lowest BCUT2D eigenvalue weighted by molar-refractivity contribution is -0.308. The molecule has 2 rings (SSSR count). The van der Waals surface area contributed by atoms with Gasteiger partial charge in [-0.05, 0) is 32.6 Å². The van der Waals surface area contributed by atoms with E-state index in [0.29, 0.717) is 12.8 Å². The molecule has 0 aromatic heterocycles. The minimum Gasteiger partial charge on any atom is -0.548 e. The number of carbonyl (C=O) groups excluding carboxylic acids is 2. The Morgan fingerprint density at radius 3 is 2.59 bits per heavy atom. The first-order valence-electron chi connectivity index (χ1n) is 5.82. The predicted octanol–water partition coefficient (Wildman–Crippen LogP) is -0.400. The zero-order chi connectivity index (χ0) is 12.7. The van der Waals surface area contributed by atoms with Crippen LogP contribution in [0.4, 0.5) is 4.79 Å². The first-order chi connectivity index (χ1) is 7.89. The molecule has 96 valence electrons. The van der Waals surface area contributed by atoms with Crippen LogP contribution in [0.15, 0.2) is 0 Å². The number of carbonyl (C=O) groups is 2. The second-order valence-electron chi connectivity index (χ2n) is 4.90. The molecule has 1 saturated carbocycles. The van der Waals surface area contributed by atoms with Crippen LogP contribution >= 0.6 is 0 Å². The lowest BCUT2D eigenvalue weighted by Gasteiger charge is -2.42. The van der Waals surface area contributed by atoms with Crippen LogP contribution in [-0.2, 0) is 9.53 Å². The van der Waals surface area contributed by atoms with E-state index >= 15 is 0 Å². The first kappa shape index (κ1) is 12.2. The average Bonchev–Trinajstić information content (AvgIpc) is 2.41. The number of aliphatic hydroxyl groups is 1. The predicted molar refractivity (Wildman–Crippen MR) is 54.6 cm³/mol. The number of carboxylic acids is 1. The van der Waals surface area contributed by atoms with Crippen molar-refractivity contribution in [2.75, 3.05) is 6.54 Å². The van der Waals surface area contributed by atoms with Crippen LogP contribution in [0.2, 0.25) is 0 Å². The molecule has 0 radical (unpaired) electrons. The van der Waals surface area contributed by atoms with Crippen molar-refractivity contribution in [2.45, 2.75) is 50.4 Å². The Bertz CT molecular complexity index is 346. The topological polar surface area (TPSA) is 89.9 Å². The minimum absolute atomic E-state index is 0.565. The van der Waals surface area contributed by atoms with Crippen LogP contribution in [0, 0.1) is 0 Å². The third-order valence-corrected chi connectivity index (χ3v) is 3.84. The van der Waals surface area contributed by atoms with Crippen molar-refractivity contribution in [1.29, 1.82) is 0 Å². The van der Waals surface area contributed by atoms with Gasteiger partial charge in [0.2, 0.25) is 0 Å². The van der Waals surface area contributed by atoms with E-state index in [1.807, 2.05) is 0 Å². The maximum Gasteiger partial charge on any atom is 0.413 e. The molecule has 6 heteroatoms. The van der Waals surface area contributed by atoms with Crippen LogP contribution in [0.25, 0.3) is 0 Å². The van der Waals surface area contributed by atoms with Crippen LogP contribution in [0.5, 0.6) is 0 Å². The average molecular weight is 242 g/mol. The number of carboxylic acid groups (broad SMARTS) is 1. The molecule has 1 aliphatic heterocycles. The van der Waals surface area contributed by atoms with Crippen LogP contribution in [-0.4, -0.2) is 39.9 Å². The van der Waals surface area contributed by atoms with Crippen molar-refractivity contribution in [3.63, 3.8) is 0 Å². The third-order valence-electron chi connectivity index (χ3n) is 3.84. The molecular formula is C11H16NO5-. The second-order valence-corrected chi connectivity index (χ2v) is 4.90. The molecule has 0 aromatic rings. The minimum atomic E-state index is -1.58. The van der Waals surface area contributed by atoms with Gasteiger partial charge >= 0.3 is 6.09 Å². The summed E-state index contributed by atoms with van der Waals surface area (Å²) in [5, 5.41) is 21.0. The summed E-state index contributed by atoms with van der Waals surface area (Å²) < 4.78 is 5.26. The van der Waals surface area contributed by atoms with E-state index in [2.05, 4.69) is 0 Å². The van der Waals surface area contributed by atoms with Crippen molar-refractivity contribution < 1.29 is 24.5 Å². The Morgan fingerprint density at radius 2 is 2.06 bits per heavy atom. The van der Waals surface area contributed by atoms with E-state index in [1.165, 1.54) is 6.92 Å². The number of amides is 1. The van der Waals surface area contributed by atoms with Gasteiger partial charge in [-0.25, -0.2) is 4.79 Å². The monoisotopic (exact) mass is 242 g/mol. The Hall–Kier alpha value is -1.30. The van der Waals surface area contributed by atoms with Gasteiger partial charge in [-0.3, -0.25) is 4.90 Å². The van der Waals surface area contributed by atoms with Gasteiger partial charge in [0.05, 0.1) is 12.5 Å². The smallest absolute Gasteiger partial charge is 0.413 e. The molecule has 1 heterocycles. The highest BCUT2D eigenvalue weighted by atomic mass is 16.6. The summed E-state index contributed by atoms with van der Waals surface area (Å²) in [5.41, 5.74) is -2.54. The lowest BCUT2D eigenvalue weighted by atomic mass is 9.77. The zero-order valence-electron chi connectivity index (χ0n) is 9.77. The zero-order valence-corrected chi connectivity index (χ0v) is 9.77. The van der Waals surface area contributed by atoms with Crippen LogP contribution in [0.3, 0.4) is 0 Å². The quantitative estimate of drug-likeness (QED) is 0.711. The Morgan fingerprint density at radius 1 is 1.47 bits per heavy atom. The molecule has 0 aromatic carbocycles. The molecule has 1 amide bonds. The highest BCUT2D eigenvalue weighted by molar-refractivity contribution is 5.78. The van der Waals surface area contributed by atoms with Gasteiger partial charge in [0.25, 0.3) is 0 Å². The van der Waals surface area contributed by atoms with E-state index in [0.717, 1.165) is 24.2 Å². The van der Waals surface area contributed by atoms with E-state index < -0.39 is 29.9 Å². The Balaban J connectivity index is 2.27. The van der Waals surface area contributed by atoms with Crippen molar-refractivity contribution in [1.82, 2.24) is 4.90 Å². The van der Waals surface area contributed by atoms with Crippen molar-refractivity contribution in [3.8, 4) is 0 Å².